The Labute approximate surface area is 230 Å². The Kier molecular flexibility index (Phi) is 9.40. The van der Waals surface area contributed by atoms with Crippen molar-refractivity contribution >= 4 is 17.2 Å². The molecule has 1 fully saturated rings. The van der Waals surface area contributed by atoms with Gasteiger partial charge in [-0.3, -0.25) is 14.7 Å². The van der Waals surface area contributed by atoms with Crippen LogP contribution < -0.4 is 0 Å². The van der Waals surface area contributed by atoms with Crippen LogP contribution in [0.15, 0.2) is 48.7 Å². The van der Waals surface area contributed by atoms with Crippen LogP contribution in [0.25, 0.3) is 17.2 Å². The SMILES string of the molecule is CCc1nc2cccnc2n1C(C)(C)c1ccc(C=CCN2CCN(CCN(C(C)C)C(C)C)CC2)cc1. The lowest BCUT2D eigenvalue weighted by Crippen LogP contribution is -2.49. The number of imidazole rings is 1. The summed E-state index contributed by atoms with van der Waals surface area (Å²) in [6.45, 7) is 23.9. The number of hydrogen-bond donors (Lipinski definition) is 0. The third kappa shape index (κ3) is 6.53. The number of aryl methyl sites for hydroxylation is 1. The predicted molar refractivity (Wildman–Crippen MR) is 161 cm³/mol. The van der Waals surface area contributed by atoms with Crippen LogP contribution in [0.5, 0.6) is 0 Å². The van der Waals surface area contributed by atoms with Crippen LogP contribution in [0.3, 0.4) is 0 Å². The Balaban J connectivity index is 1.31. The minimum atomic E-state index is -0.238. The maximum Gasteiger partial charge on any atom is 0.160 e. The highest BCUT2D eigenvalue weighted by molar-refractivity contribution is 5.72. The number of hydrogen-bond acceptors (Lipinski definition) is 5. The van der Waals surface area contributed by atoms with Gasteiger partial charge in [-0.25, -0.2) is 9.97 Å². The zero-order valence-electron chi connectivity index (χ0n) is 24.7. The fourth-order valence-electron chi connectivity index (χ4n) is 5.82. The smallest absolute Gasteiger partial charge is 0.160 e. The summed E-state index contributed by atoms with van der Waals surface area (Å²) in [6, 6.07) is 14.2. The van der Waals surface area contributed by atoms with Crippen LogP contribution in [-0.4, -0.2) is 87.1 Å². The standard InChI is InChI=1S/C32H48N6/c1-8-30-34-29-12-9-17-33-31(29)38(30)32(6,7)28-15-13-27(14-16-28)11-10-18-35-19-21-36(22-20-35)23-24-37(25(2)3)26(4)5/h9-17,25-26H,8,18-24H2,1-7H3. The molecule has 1 aliphatic heterocycles. The maximum atomic E-state index is 4.84. The summed E-state index contributed by atoms with van der Waals surface area (Å²) in [6.07, 6.45) is 7.32. The number of piperazine rings is 1. The molecule has 0 unspecified atom stereocenters. The lowest BCUT2D eigenvalue weighted by atomic mass is 9.92. The molecule has 6 nitrogen and oxygen atoms in total. The number of pyridine rings is 1. The van der Waals surface area contributed by atoms with Crippen molar-refractivity contribution in [3.8, 4) is 0 Å². The van der Waals surface area contributed by atoms with Crippen molar-refractivity contribution in [1.29, 1.82) is 0 Å². The summed E-state index contributed by atoms with van der Waals surface area (Å²) in [5.74, 6) is 1.07. The van der Waals surface area contributed by atoms with Crippen molar-refractivity contribution in [3.05, 3.63) is 65.6 Å². The zero-order valence-corrected chi connectivity index (χ0v) is 24.7. The summed E-state index contributed by atoms with van der Waals surface area (Å²) < 4.78 is 2.30. The van der Waals surface area contributed by atoms with E-state index in [1.54, 1.807) is 0 Å². The first-order chi connectivity index (χ1) is 18.2. The fraction of sp³-hybridized carbons (Fsp3) is 0.562. The van der Waals surface area contributed by atoms with E-state index < -0.39 is 0 Å². The molecular formula is C32H48N6. The number of nitrogens with zero attached hydrogens (tertiary/aromatic N) is 6. The highest BCUT2D eigenvalue weighted by Gasteiger charge is 2.28. The van der Waals surface area contributed by atoms with Crippen LogP contribution in [-0.2, 0) is 12.0 Å². The van der Waals surface area contributed by atoms with Gasteiger partial charge in [0.25, 0.3) is 0 Å². The Hall–Kier alpha value is -2.54. The molecule has 0 aliphatic carbocycles. The Morgan fingerprint density at radius 1 is 0.947 bits per heavy atom. The van der Waals surface area contributed by atoms with Gasteiger partial charge in [0.1, 0.15) is 11.3 Å². The first kappa shape index (κ1) is 28.5. The molecule has 0 bridgehead atoms. The van der Waals surface area contributed by atoms with E-state index >= 15 is 0 Å². The molecule has 0 saturated carbocycles. The van der Waals surface area contributed by atoms with Crippen LogP contribution in [0.2, 0.25) is 0 Å². The fourth-order valence-corrected chi connectivity index (χ4v) is 5.82. The maximum absolute atomic E-state index is 4.84. The Bertz CT molecular complexity index is 1170. The molecule has 2 aromatic heterocycles. The second-order valence-electron chi connectivity index (χ2n) is 11.7. The molecule has 0 atom stereocenters. The highest BCUT2D eigenvalue weighted by Crippen LogP contribution is 2.31. The molecule has 1 aromatic carbocycles. The normalized spacial score (nSPS) is 16.2. The average molecular weight is 517 g/mol. The van der Waals surface area contributed by atoms with E-state index in [-0.39, 0.29) is 5.54 Å². The topological polar surface area (TPSA) is 40.4 Å². The quantitative estimate of drug-likeness (QED) is 0.335. The average Bonchev–Trinajstić information content (AvgIpc) is 3.29. The highest BCUT2D eigenvalue weighted by atomic mass is 15.3. The molecule has 38 heavy (non-hydrogen) atoms. The molecule has 1 aliphatic rings. The molecule has 3 heterocycles. The number of benzene rings is 1. The third-order valence-electron chi connectivity index (χ3n) is 8.12. The van der Waals surface area contributed by atoms with Crippen LogP contribution >= 0.6 is 0 Å². The lowest BCUT2D eigenvalue weighted by molar-refractivity contribution is 0.106. The van der Waals surface area contributed by atoms with Gasteiger partial charge in [0.15, 0.2) is 5.65 Å². The van der Waals surface area contributed by atoms with Gasteiger partial charge in [0.05, 0.1) is 5.54 Å². The largest absolute Gasteiger partial charge is 0.303 e. The monoisotopic (exact) mass is 516 g/mol. The second-order valence-corrected chi connectivity index (χ2v) is 11.7. The number of rotatable bonds is 11. The summed E-state index contributed by atoms with van der Waals surface area (Å²) in [4.78, 5) is 17.3. The summed E-state index contributed by atoms with van der Waals surface area (Å²) >= 11 is 0. The summed E-state index contributed by atoms with van der Waals surface area (Å²) in [5, 5.41) is 0. The molecule has 0 amide bonds. The van der Waals surface area contributed by atoms with Crippen LogP contribution in [0, 0.1) is 0 Å². The molecule has 0 spiro atoms. The van der Waals surface area contributed by atoms with E-state index in [0.717, 1.165) is 49.6 Å². The van der Waals surface area contributed by atoms with Gasteiger partial charge >= 0.3 is 0 Å². The van der Waals surface area contributed by atoms with E-state index in [4.69, 9.17) is 4.98 Å². The minimum Gasteiger partial charge on any atom is -0.303 e. The third-order valence-corrected chi connectivity index (χ3v) is 8.12. The van der Waals surface area contributed by atoms with Gasteiger partial charge in [-0.1, -0.05) is 43.3 Å². The van der Waals surface area contributed by atoms with E-state index in [9.17, 15) is 0 Å². The molecule has 4 rings (SSSR count). The molecule has 206 valence electrons. The second kappa shape index (κ2) is 12.5. The lowest BCUT2D eigenvalue weighted by Gasteiger charge is -2.37. The van der Waals surface area contributed by atoms with Gasteiger partial charge in [-0.15, -0.1) is 0 Å². The molecule has 3 aromatic rings. The Morgan fingerprint density at radius 2 is 1.61 bits per heavy atom. The number of fused-ring (bicyclic) bond motifs is 1. The predicted octanol–water partition coefficient (Wildman–Crippen LogP) is 5.53. The molecule has 6 heteroatoms. The van der Waals surface area contributed by atoms with Gasteiger partial charge in [0.2, 0.25) is 0 Å². The molecule has 1 saturated heterocycles. The van der Waals surface area contributed by atoms with Crippen molar-refractivity contribution in [2.45, 2.75) is 72.5 Å². The van der Waals surface area contributed by atoms with Gasteiger partial charge in [0, 0.05) is 70.5 Å². The number of aromatic nitrogens is 3. The van der Waals surface area contributed by atoms with Crippen molar-refractivity contribution in [3.63, 3.8) is 0 Å². The van der Waals surface area contributed by atoms with Crippen molar-refractivity contribution in [2.24, 2.45) is 0 Å². The summed E-state index contributed by atoms with van der Waals surface area (Å²) in [5.41, 5.74) is 4.19. The van der Waals surface area contributed by atoms with Crippen LogP contribution in [0.1, 0.15) is 65.4 Å². The Morgan fingerprint density at radius 3 is 2.24 bits per heavy atom. The van der Waals surface area contributed by atoms with E-state index in [0.29, 0.717) is 12.1 Å². The molecule has 0 N–H and O–H groups in total. The first-order valence-corrected chi connectivity index (χ1v) is 14.5. The van der Waals surface area contributed by atoms with E-state index in [1.165, 1.54) is 30.8 Å². The molecule has 0 radical (unpaired) electrons. The van der Waals surface area contributed by atoms with Gasteiger partial charge in [-0.2, -0.15) is 0 Å². The minimum absolute atomic E-state index is 0.238. The van der Waals surface area contributed by atoms with Crippen molar-refractivity contribution in [2.75, 3.05) is 45.8 Å². The first-order valence-electron chi connectivity index (χ1n) is 14.5. The van der Waals surface area contributed by atoms with E-state index in [1.807, 2.05) is 12.3 Å². The molecular weight excluding hydrogens is 468 g/mol. The van der Waals surface area contributed by atoms with Crippen molar-refractivity contribution in [1.82, 2.24) is 29.2 Å². The van der Waals surface area contributed by atoms with Crippen LogP contribution in [0.4, 0.5) is 0 Å². The van der Waals surface area contributed by atoms with Gasteiger partial charge in [-0.05, 0) is 64.8 Å². The zero-order chi connectivity index (χ0) is 27.3. The van der Waals surface area contributed by atoms with Gasteiger partial charge < -0.3 is 4.57 Å². The van der Waals surface area contributed by atoms with E-state index in [2.05, 4.69) is 115 Å². The van der Waals surface area contributed by atoms with Crippen molar-refractivity contribution < 1.29 is 0 Å². The summed E-state index contributed by atoms with van der Waals surface area (Å²) in [7, 11) is 0.